The first-order valence-electron chi connectivity index (χ1n) is 5.52. The summed E-state index contributed by atoms with van der Waals surface area (Å²) < 4.78 is 0. The lowest BCUT2D eigenvalue weighted by Gasteiger charge is -2.00. The third-order valence-electron chi connectivity index (χ3n) is 2.10. The van der Waals surface area contributed by atoms with Crippen LogP contribution in [0.2, 0.25) is 0 Å². The van der Waals surface area contributed by atoms with E-state index in [1.807, 2.05) is 24.4 Å². The second kappa shape index (κ2) is 7.01. The predicted molar refractivity (Wildman–Crippen MR) is 77.4 cm³/mol. The van der Waals surface area contributed by atoms with Gasteiger partial charge in [-0.05, 0) is 24.4 Å². The highest BCUT2D eigenvalue weighted by atomic mass is 32.2. The molecule has 2 aromatic rings. The van der Waals surface area contributed by atoms with E-state index in [2.05, 4.69) is 20.5 Å². The molecular weight excluding hydrogens is 280 g/mol. The van der Waals surface area contributed by atoms with E-state index in [-0.39, 0.29) is 11.7 Å². The lowest BCUT2D eigenvalue weighted by atomic mass is 10.3. The largest absolute Gasteiger partial charge is 0.272 e. The number of thioether (sulfide) groups is 1. The maximum atomic E-state index is 11.6. The number of nitrogens with one attached hydrogen (secondary N) is 1. The summed E-state index contributed by atoms with van der Waals surface area (Å²) in [6.07, 6.45) is 3.29. The van der Waals surface area contributed by atoms with Gasteiger partial charge in [-0.2, -0.15) is 5.10 Å². The zero-order valence-corrected chi connectivity index (χ0v) is 11.9. The highest BCUT2D eigenvalue weighted by Crippen LogP contribution is 2.11. The van der Waals surface area contributed by atoms with Gasteiger partial charge < -0.3 is 0 Å². The Morgan fingerprint density at radius 2 is 2.21 bits per heavy atom. The molecule has 19 heavy (non-hydrogen) atoms. The van der Waals surface area contributed by atoms with E-state index >= 15 is 0 Å². The minimum atomic E-state index is -0.173. The van der Waals surface area contributed by atoms with Crippen LogP contribution >= 0.6 is 23.1 Å². The summed E-state index contributed by atoms with van der Waals surface area (Å²) in [7, 11) is 0. The predicted octanol–water partition coefficient (Wildman–Crippen LogP) is 2.17. The molecule has 0 saturated heterocycles. The Labute approximate surface area is 119 Å². The van der Waals surface area contributed by atoms with Crippen LogP contribution in [0, 0.1) is 0 Å². The summed E-state index contributed by atoms with van der Waals surface area (Å²) >= 11 is 2.86. The van der Waals surface area contributed by atoms with E-state index in [1.165, 1.54) is 11.8 Å². The zero-order valence-electron chi connectivity index (χ0n) is 10.2. The van der Waals surface area contributed by atoms with E-state index < -0.39 is 0 Å². The van der Waals surface area contributed by atoms with Crippen LogP contribution in [0.1, 0.15) is 11.8 Å². The average molecular weight is 292 g/mol. The van der Waals surface area contributed by atoms with Crippen molar-refractivity contribution >= 4 is 34.7 Å². The van der Waals surface area contributed by atoms with Gasteiger partial charge in [0.15, 0.2) is 5.16 Å². The minimum Gasteiger partial charge on any atom is -0.272 e. The summed E-state index contributed by atoms with van der Waals surface area (Å²) in [5.41, 5.74) is 3.32. The first kappa shape index (κ1) is 13.7. The van der Waals surface area contributed by atoms with Gasteiger partial charge in [0.2, 0.25) is 0 Å². The Balaban J connectivity index is 1.80. The average Bonchev–Trinajstić information content (AvgIpc) is 2.98. The maximum absolute atomic E-state index is 11.6. The van der Waals surface area contributed by atoms with Gasteiger partial charge in [-0.3, -0.25) is 4.79 Å². The SMILES string of the molecule is C/C(=N/NC(=O)CSc1ncccn1)c1cccs1. The molecule has 0 aliphatic carbocycles. The van der Waals surface area contributed by atoms with Gasteiger partial charge in [-0.15, -0.1) is 11.3 Å². The van der Waals surface area contributed by atoms with E-state index in [0.29, 0.717) is 5.16 Å². The smallest absolute Gasteiger partial charge is 0.250 e. The summed E-state index contributed by atoms with van der Waals surface area (Å²) in [6, 6.07) is 5.64. The third kappa shape index (κ3) is 4.46. The first-order valence-corrected chi connectivity index (χ1v) is 7.39. The van der Waals surface area contributed by atoms with Gasteiger partial charge >= 0.3 is 0 Å². The Morgan fingerprint density at radius 1 is 1.42 bits per heavy atom. The number of hydrogen-bond donors (Lipinski definition) is 1. The lowest BCUT2D eigenvalue weighted by molar-refractivity contribution is -0.118. The quantitative estimate of drug-likeness (QED) is 0.397. The van der Waals surface area contributed by atoms with Crippen molar-refractivity contribution in [1.29, 1.82) is 0 Å². The van der Waals surface area contributed by atoms with Crippen molar-refractivity contribution in [3.8, 4) is 0 Å². The molecule has 0 unspecified atom stereocenters. The second-order valence-electron chi connectivity index (χ2n) is 3.53. The van der Waals surface area contributed by atoms with E-state index in [0.717, 1.165) is 10.6 Å². The number of carbonyl (C=O) groups is 1. The van der Waals surface area contributed by atoms with Crippen LogP contribution in [0.15, 0.2) is 46.2 Å². The maximum Gasteiger partial charge on any atom is 0.250 e. The van der Waals surface area contributed by atoms with Crippen LogP contribution in [-0.2, 0) is 4.79 Å². The molecule has 2 rings (SSSR count). The van der Waals surface area contributed by atoms with Gasteiger partial charge in [0.1, 0.15) is 0 Å². The van der Waals surface area contributed by atoms with Crippen molar-refractivity contribution in [2.45, 2.75) is 12.1 Å². The van der Waals surface area contributed by atoms with Crippen LogP contribution in [-0.4, -0.2) is 27.3 Å². The molecule has 0 bridgehead atoms. The van der Waals surface area contributed by atoms with Crippen molar-refractivity contribution < 1.29 is 4.79 Å². The molecule has 0 aromatic carbocycles. The summed E-state index contributed by atoms with van der Waals surface area (Å²) in [5.74, 6) is 0.0685. The fourth-order valence-corrected chi connectivity index (χ4v) is 2.48. The second-order valence-corrected chi connectivity index (χ2v) is 5.42. The Hall–Kier alpha value is -1.73. The standard InChI is InChI=1S/C12H12N4OS2/c1-9(10-4-2-7-18-10)15-16-11(17)8-19-12-13-5-3-6-14-12/h2-7H,8H2,1H3,(H,16,17)/b15-9-. The summed E-state index contributed by atoms with van der Waals surface area (Å²) in [4.78, 5) is 20.7. The van der Waals surface area contributed by atoms with E-state index in [1.54, 1.807) is 29.8 Å². The molecule has 0 aliphatic heterocycles. The molecule has 0 radical (unpaired) electrons. The zero-order chi connectivity index (χ0) is 13.5. The van der Waals surface area contributed by atoms with E-state index in [9.17, 15) is 4.79 Å². The van der Waals surface area contributed by atoms with Crippen LogP contribution in [0.5, 0.6) is 0 Å². The molecule has 1 N–H and O–H groups in total. The molecule has 0 spiro atoms. The molecule has 0 atom stereocenters. The summed E-state index contributed by atoms with van der Waals surface area (Å²) in [5, 5.41) is 6.60. The van der Waals surface area contributed by atoms with Gasteiger partial charge in [-0.1, -0.05) is 17.8 Å². The van der Waals surface area contributed by atoms with Crippen LogP contribution in [0.4, 0.5) is 0 Å². The fraction of sp³-hybridized carbons (Fsp3) is 0.167. The number of hydrogen-bond acceptors (Lipinski definition) is 6. The Kier molecular flexibility index (Phi) is 5.05. The van der Waals surface area contributed by atoms with Crippen LogP contribution in [0.3, 0.4) is 0 Å². The molecule has 2 heterocycles. The van der Waals surface area contributed by atoms with Gasteiger partial charge in [0.25, 0.3) is 5.91 Å². The molecular formula is C12H12N4OS2. The number of rotatable bonds is 5. The number of nitrogens with zero attached hydrogens (tertiary/aromatic N) is 3. The first-order chi connectivity index (χ1) is 9.25. The van der Waals surface area contributed by atoms with Crippen molar-refractivity contribution in [2.24, 2.45) is 5.10 Å². The molecule has 2 aromatic heterocycles. The van der Waals surface area contributed by atoms with Crippen molar-refractivity contribution in [3.63, 3.8) is 0 Å². The number of carbonyl (C=O) groups excluding carboxylic acids is 1. The van der Waals surface area contributed by atoms with Crippen molar-refractivity contribution in [2.75, 3.05) is 5.75 Å². The topological polar surface area (TPSA) is 67.2 Å². The summed E-state index contributed by atoms with van der Waals surface area (Å²) in [6.45, 7) is 1.86. The molecule has 0 fully saturated rings. The molecule has 1 amide bonds. The molecule has 7 heteroatoms. The molecule has 5 nitrogen and oxygen atoms in total. The van der Waals surface area contributed by atoms with Gasteiger partial charge in [-0.25, -0.2) is 15.4 Å². The highest BCUT2D eigenvalue weighted by Gasteiger charge is 2.04. The van der Waals surface area contributed by atoms with E-state index in [4.69, 9.17) is 0 Å². The number of hydrazone groups is 1. The van der Waals surface area contributed by atoms with Gasteiger partial charge in [0, 0.05) is 17.3 Å². The van der Waals surface area contributed by atoms with Gasteiger partial charge in [0.05, 0.1) is 11.5 Å². The van der Waals surface area contributed by atoms with Crippen molar-refractivity contribution in [3.05, 3.63) is 40.8 Å². The monoisotopic (exact) mass is 292 g/mol. The third-order valence-corrected chi connectivity index (χ3v) is 3.95. The minimum absolute atomic E-state index is 0.173. The number of aromatic nitrogens is 2. The van der Waals surface area contributed by atoms with Crippen molar-refractivity contribution in [1.82, 2.24) is 15.4 Å². The highest BCUT2D eigenvalue weighted by molar-refractivity contribution is 7.99. The van der Waals surface area contributed by atoms with Crippen LogP contribution < -0.4 is 5.43 Å². The molecule has 0 aliphatic rings. The normalized spacial score (nSPS) is 11.3. The Morgan fingerprint density at radius 3 is 2.89 bits per heavy atom. The number of amides is 1. The fourth-order valence-electron chi connectivity index (χ4n) is 1.21. The molecule has 98 valence electrons. The lowest BCUT2D eigenvalue weighted by Crippen LogP contribution is -2.21. The molecule has 0 saturated carbocycles. The van der Waals surface area contributed by atoms with Crippen LogP contribution in [0.25, 0.3) is 0 Å². The Bertz CT molecular complexity index is 554. The number of thiophene rings is 1.